The molecule has 2 aromatic rings. The van der Waals surface area contributed by atoms with E-state index in [2.05, 4.69) is 20.4 Å². The van der Waals surface area contributed by atoms with Crippen molar-refractivity contribution in [1.82, 2.24) is 15.1 Å². The van der Waals surface area contributed by atoms with Gasteiger partial charge in [0.25, 0.3) is 0 Å². The molecule has 5 heteroatoms. The fraction of sp³-hybridized carbons (Fsp3) is 0.333. The van der Waals surface area contributed by atoms with Crippen LogP contribution in [0.5, 0.6) is 0 Å². The lowest BCUT2D eigenvalue weighted by Gasteiger charge is -2.12. The molecule has 0 aliphatic rings. The molecule has 0 atom stereocenters. The third kappa shape index (κ3) is 2.84. The minimum absolute atomic E-state index is 0.443. The average molecular weight is 251 g/mol. The summed E-state index contributed by atoms with van der Waals surface area (Å²) < 4.78 is 0. The van der Waals surface area contributed by atoms with Crippen LogP contribution in [0, 0.1) is 0 Å². The van der Waals surface area contributed by atoms with Crippen molar-refractivity contribution in [2.45, 2.75) is 0 Å². The Morgan fingerprint density at radius 1 is 1.18 bits per heavy atom. The normalized spacial score (nSPS) is 11.1. The predicted molar refractivity (Wildman–Crippen MR) is 71.6 cm³/mol. The van der Waals surface area contributed by atoms with Crippen molar-refractivity contribution in [3.63, 3.8) is 0 Å². The zero-order valence-electron chi connectivity index (χ0n) is 9.94. The molecule has 0 bridgehead atoms. The molecule has 0 aliphatic heterocycles. The number of nitrogens with one attached hydrogen (secondary N) is 1. The first-order valence-electron chi connectivity index (χ1n) is 5.48. The lowest BCUT2D eigenvalue weighted by atomic mass is 10.2. The Morgan fingerprint density at radius 2 is 1.88 bits per heavy atom. The van der Waals surface area contributed by atoms with Crippen LogP contribution in [0.4, 0.5) is 5.82 Å². The zero-order valence-corrected chi connectivity index (χ0v) is 10.7. The Balaban J connectivity index is 2.26. The molecule has 1 aromatic carbocycles. The highest BCUT2D eigenvalue weighted by Gasteiger charge is 2.06. The van der Waals surface area contributed by atoms with Gasteiger partial charge in [-0.05, 0) is 14.1 Å². The Morgan fingerprint density at radius 3 is 2.59 bits per heavy atom. The maximum atomic E-state index is 6.00. The molecular formula is C12H15ClN4. The predicted octanol–water partition coefficient (Wildman–Crippen LogP) is 2.26. The second kappa shape index (κ2) is 5.29. The van der Waals surface area contributed by atoms with Gasteiger partial charge in [-0.3, -0.25) is 0 Å². The largest absolute Gasteiger partial charge is 0.367 e. The summed E-state index contributed by atoms with van der Waals surface area (Å²) in [4.78, 5) is 2.11. The summed E-state index contributed by atoms with van der Waals surface area (Å²) in [6.45, 7) is 1.77. The molecule has 1 heterocycles. The van der Waals surface area contributed by atoms with Gasteiger partial charge in [0.1, 0.15) is 0 Å². The van der Waals surface area contributed by atoms with Gasteiger partial charge in [-0.15, -0.1) is 10.2 Å². The van der Waals surface area contributed by atoms with Crippen molar-refractivity contribution < 1.29 is 0 Å². The number of fused-ring (bicyclic) bond motifs is 1. The molecule has 2 rings (SSSR count). The van der Waals surface area contributed by atoms with Crippen LogP contribution >= 0.6 is 11.6 Å². The lowest BCUT2D eigenvalue weighted by molar-refractivity contribution is 0.425. The van der Waals surface area contributed by atoms with E-state index in [1.54, 1.807) is 0 Å². The molecule has 0 saturated heterocycles. The monoisotopic (exact) mass is 250 g/mol. The van der Waals surface area contributed by atoms with Gasteiger partial charge in [0.2, 0.25) is 0 Å². The van der Waals surface area contributed by atoms with E-state index in [1.165, 1.54) is 0 Å². The number of hydrogen-bond donors (Lipinski definition) is 1. The van der Waals surface area contributed by atoms with Crippen molar-refractivity contribution in [3.05, 3.63) is 29.4 Å². The second-order valence-electron chi connectivity index (χ2n) is 4.12. The SMILES string of the molecule is CN(C)CCNc1nnc(Cl)c2ccccc12. The van der Waals surface area contributed by atoms with E-state index < -0.39 is 0 Å². The average Bonchev–Trinajstić information content (AvgIpc) is 2.32. The number of aromatic nitrogens is 2. The minimum atomic E-state index is 0.443. The van der Waals surface area contributed by atoms with Gasteiger partial charge >= 0.3 is 0 Å². The zero-order chi connectivity index (χ0) is 12.3. The van der Waals surface area contributed by atoms with Gasteiger partial charge in [-0.1, -0.05) is 35.9 Å². The topological polar surface area (TPSA) is 41.0 Å². The Hall–Kier alpha value is -1.39. The second-order valence-corrected chi connectivity index (χ2v) is 4.47. The van der Waals surface area contributed by atoms with Gasteiger partial charge in [-0.25, -0.2) is 0 Å². The number of halogens is 1. The fourth-order valence-electron chi connectivity index (χ4n) is 1.60. The van der Waals surface area contributed by atoms with Gasteiger partial charge < -0.3 is 10.2 Å². The van der Waals surface area contributed by atoms with Crippen LogP contribution < -0.4 is 5.32 Å². The van der Waals surface area contributed by atoms with Crippen molar-refractivity contribution in [2.24, 2.45) is 0 Å². The van der Waals surface area contributed by atoms with E-state index in [-0.39, 0.29) is 0 Å². The van der Waals surface area contributed by atoms with Crippen LogP contribution in [0.25, 0.3) is 10.8 Å². The maximum Gasteiger partial charge on any atom is 0.159 e. The Labute approximate surface area is 106 Å². The Kier molecular flexibility index (Phi) is 3.76. The highest BCUT2D eigenvalue weighted by atomic mass is 35.5. The summed E-state index contributed by atoms with van der Waals surface area (Å²) in [5, 5.41) is 13.7. The smallest absolute Gasteiger partial charge is 0.159 e. The van der Waals surface area contributed by atoms with E-state index in [0.717, 1.165) is 29.7 Å². The first-order valence-corrected chi connectivity index (χ1v) is 5.86. The number of anilines is 1. The van der Waals surface area contributed by atoms with Crippen molar-refractivity contribution >= 4 is 28.2 Å². The summed E-state index contributed by atoms with van der Waals surface area (Å²) in [5.41, 5.74) is 0. The molecule has 0 spiro atoms. The molecule has 0 unspecified atom stereocenters. The number of nitrogens with zero attached hydrogens (tertiary/aromatic N) is 3. The summed E-state index contributed by atoms with van der Waals surface area (Å²) in [6.07, 6.45) is 0. The molecule has 0 amide bonds. The van der Waals surface area contributed by atoms with E-state index in [9.17, 15) is 0 Å². The van der Waals surface area contributed by atoms with Crippen molar-refractivity contribution in [3.8, 4) is 0 Å². The Bertz CT molecular complexity index is 513. The summed E-state index contributed by atoms with van der Waals surface area (Å²) >= 11 is 6.00. The number of benzene rings is 1. The van der Waals surface area contributed by atoms with Crippen LogP contribution in [-0.4, -0.2) is 42.3 Å². The van der Waals surface area contributed by atoms with Crippen molar-refractivity contribution in [1.29, 1.82) is 0 Å². The third-order valence-electron chi connectivity index (χ3n) is 2.49. The number of hydrogen-bond acceptors (Lipinski definition) is 4. The first-order chi connectivity index (χ1) is 8.18. The molecule has 4 nitrogen and oxygen atoms in total. The molecule has 17 heavy (non-hydrogen) atoms. The number of rotatable bonds is 4. The standard InChI is InChI=1S/C12H15ClN4/c1-17(2)8-7-14-12-10-6-4-3-5-9(10)11(13)15-16-12/h3-6H,7-8H2,1-2H3,(H,14,16). The summed E-state index contributed by atoms with van der Waals surface area (Å²) in [7, 11) is 4.07. The number of likely N-dealkylation sites (N-methyl/N-ethyl adjacent to an activating group) is 1. The molecule has 0 radical (unpaired) electrons. The highest BCUT2D eigenvalue weighted by molar-refractivity contribution is 6.34. The van der Waals surface area contributed by atoms with Crippen LogP contribution in [0.2, 0.25) is 5.15 Å². The van der Waals surface area contributed by atoms with Gasteiger partial charge in [0, 0.05) is 23.9 Å². The minimum Gasteiger partial charge on any atom is -0.367 e. The molecule has 0 aliphatic carbocycles. The molecule has 0 saturated carbocycles. The van der Waals surface area contributed by atoms with Gasteiger partial charge in [0.15, 0.2) is 11.0 Å². The highest BCUT2D eigenvalue weighted by Crippen LogP contribution is 2.25. The molecule has 1 aromatic heterocycles. The van der Waals surface area contributed by atoms with Crippen LogP contribution in [0.15, 0.2) is 24.3 Å². The van der Waals surface area contributed by atoms with Crippen LogP contribution in [0.3, 0.4) is 0 Å². The van der Waals surface area contributed by atoms with Gasteiger partial charge in [-0.2, -0.15) is 0 Å². The molecule has 0 fully saturated rings. The molecular weight excluding hydrogens is 236 g/mol. The lowest BCUT2D eigenvalue weighted by Crippen LogP contribution is -2.21. The van der Waals surface area contributed by atoms with Crippen molar-refractivity contribution in [2.75, 3.05) is 32.5 Å². The van der Waals surface area contributed by atoms with E-state index in [1.807, 2.05) is 38.4 Å². The van der Waals surface area contributed by atoms with E-state index >= 15 is 0 Å². The summed E-state index contributed by atoms with van der Waals surface area (Å²) in [5.74, 6) is 0.784. The first kappa shape index (κ1) is 12.1. The van der Waals surface area contributed by atoms with Crippen LogP contribution in [-0.2, 0) is 0 Å². The quantitative estimate of drug-likeness (QED) is 0.904. The maximum absolute atomic E-state index is 6.00. The summed E-state index contributed by atoms with van der Waals surface area (Å²) in [6, 6.07) is 7.86. The van der Waals surface area contributed by atoms with E-state index in [0.29, 0.717) is 5.15 Å². The molecule has 1 N–H and O–H groups in total. The van der Waals surface area contributed by atoms with Crippen LogP contribution in [0.1, 0.15) is 0 Å². The third-order valence-corrected chi connectivity index (χ3v) is 2.77. The van der Waals surface area contributed by atoms with Gasteiger partial charge in [0.05, 0.1) is 0 Å². The fourth-order valence-corrected chi connectivity index (χ4v) is 1.80. The molecule has 90 valence electrons. The van der Waals surface area contributed by atoms with E-state index in [4.69, 9.17) is 11.6 Å².